The summed E-state index contributed by atoms with van der Waals surface area (Å²) in [4.78, 5) is 24.0. The Labute approximate surface area is 111 Å². The predicted octanol–water partition coefficient (Wildman–Crippen LogP) is 2.85. The second-order valence-corrected chi connectivity index (χ2v) is 4.20. The molecule has 96 valence electrons. The van der Waals surface area contributed by atoms with E-state index in [9.17, 15) is 9.59 Å². The number of allylic oxidation sites excluding steroid dienone is 2. The zero-order valence-electron chi connectivity index (χ0n) is 10.4. The molecule has 2 rings (SSSR count). The van der Waals surface area contributed by atoms with Gasteiger partial charge in [0.1, 0.15) is 0 Å². The van der Waals surface area contributed by atoms with Crippen molar-refractivity contribution in [3.8, 4) is 0 Å². The van der Waals surface area contributed by atoms with Crippen LogP contribution < -0.4 is 0 Å². The molecule has 3 heteroatoms. The third-order valence-electron chi connectivity index (χ3n) is 2.90. The predicted molar refractivity (Wildman–Crippen MR) is 72.7 cm³/mol. The zero-order valence-corrected chi connectivity index (χ0v) is 10.4. The van der Waals surface area contributed by atoms with Gasteiger partial charge in [-0.15, -0.1) is 0 Å². The minimum Gasteiger partial charge on any atom is -0.443 e. The highest BCUT2D eigenvalue weighted by Crippen LogP contribution is 2.27. The van der Waals surface area contributed by atoms with E-state index in [0.29, 0.717) is 12.0 Å². The molecular formula is C16H14O3. The first-order valence-electron chi connectivity index (χ1n) is 5.97. The SMILES string of the molecule is C=CC(=O)OC1(C(=O)c2ccccc2)C=CC=CC1. The molecule has 0 spiro atoms. The summed E-state index contributed by atoms with van der Waals surface area (Å²) in [7, 11) is 0. The second-order valence-electron chi connectivity index (χ2n) is 4.20. The summed E-state index contributed by atoms with van der Waals surface area (Å²) >= 11 is 0. The van der Waals surface area contributed by atoms with Crippen LogP contribution in [-0.4, -0.2) is 17.4 Å². The molecule has 1 aromatic rings. The number of carbonyl (C=O) groups excluding carboxylic acids is 2. The van der Waals surface area contributed by atoms with Gasteiger partial charge in [-0.25, -0.2) is 4.79 Å². The van der Waals surface area contributed by atoms with Gasteiger partial charge in [-0.3, -0.25) is 4.79 Å². The number of benzene rings is 1. The lowest BCUT2D eigenvalue weighted by Crippen LogP contribution is -2.41. The highest BCUT2D eigenvalue weighted by molar-refractivity contribution is 6.05. The first kappa shape index (κ1) is 13.0. The highest BCUT2D eigenvalue weighted by atomic mass is 16.6. The van der Waals surface area contributed by atoms with Crippen LogP contribution in [0, 0.1) is 0 Å². The lowest BCUT2D eigenvalue weighted by molar-refractivity contribution is -0.145. The van der Waals surface area contributed by atoms with Gasteiger partial charge in [0.05, 0.1) is 0 Å². The maximum atomic E-state index is 12.6. The van der Waals surface area contributed by atoms with E-state index in [2.05, 4.69) is 6.58 Å². The van der Waals surface area contributed by atoms with Crippen LogP contribution in [0.25, 0.3) is 0 Å². The van der Waals surface area contributed by atoms with E-state index in [1.54, 1.807) is 42.5 Å². The molecular weight excluding hydrogens is 240 g/mol. The van der Waals surface area contributed by atoms with Gasteiger partial charge >= 0.3 is 5.97 Å². The van der Waals surface area contributed by atoms with Gasteiger partial charge in [0.2, 0.25) is 5.78 Å². The van der Waals surface area contributed by atoms with Gasteiger partial charge in [-0.1, -0.05) is 55.1 Å². The molecule has 0 heterocycles. The summed E-state index contributed by atoms with van der Waals surface area (Å²) in [6, 6.07) is 8.79. The zero-order chi connectivity index (χ0) is 13.7. The maximum absolute atomic E-state index is 12.6. The van der Waals surface area contributed by atoms with Crippen molar-refractivity contribution in [1.29, 1.82) is 0 Å². The van der Waals surface area contributed by atoms with Crippen LogP contribution in [0.3, 0.4) is 0 Å². The summed E-state index contributed by atoms with van der Waals surface area (Å²) in [5.41, 5.74) is -0.749. The van der Waals surface area contributed by atoms with Gasteiger partial charge in [-0.2, -0.15) is 0 Å². The van der Waals surface area contributed by atoms with Crippen LogP contribution in [0.2, 0.25) is 0 Å². The van der Waals surface area contributed by atoms with E-state index in [1.165, 1.54) is 0 Å². The van der Waals surface area contributed by atoms with Crippen molar-refractivity contribution < 1.29 is 14.3 Å². The normalized spacial score (nSPS) is 20.8. The van der Waals surface area contributed by atoms with Crippen LogP contribution in [0.1, 0.15) is 16.8 Å². The van der Waals surface area contributed by atoms with E-state index in [1.807, 2.05) is 12.1 Å². The molecule has 3 nitrogen and oxygen atoms in total. The molecule has 1 aliphatic carbocycles. The van der Waals surface area contributed by atoms with Gasteiger partial charge in [0.25, 0.3) is 0 Å². The lowest BCUT2D eigenvalue weighted by atomic mass is 9.86. The number of Topliss-reactive ketones (excluding diaryl/α,β-unsaturated/α-hetero) is 1. The molecule has 0 radical (unpaired) electrons. The van der Waals surface area contributed by atoms with Crippen LogP contribution in [0.5, 0.6) is 0 Å². The molecule has 0 aliphatic heterocycles. The average Bonchev–Trinajstić information content (AvgIpc) is 2.48. The number of ether oxygens (including phenoxy) is 1. The van der Waals surface area contributed by atoms with Gasteiger partial charge < -0.3 is 4.74 Å². The van der Waals surface area contributed by atoms with Crippen molar-refractivity contribution in [1.82, 2.24) is 0 Å². The monoisotopic (exact) mass is 254 g/mol. The molecule has 1 atom stereocenters. The molecule has 1 aromatic carbocycles. The Balaban J connectivity index is 2.36. The Morgan fingerprint density at radius 3 is 2.53 bits per heavy atom. The van der Waals surface area contributed by atoms with E-state index >= 15 is 0 Å². The number of rotatable bonds is 4. The Morgan fingerprint density at radius 1 is 1.21 bits per heavy atom. The van der Waals surface area contributed by atoms with Crippen molar-refractivity contribution in [2.45, 2.75) is 12.0 Å². The topological polar surface area (TPSA) is 43.4 Å². The van der Waals surface area contributed by atoms with Crippen molar-refractivity contribution in [3.63, 3.8) is 0 Å². The van der Waals surface area contributed by atoms with E-state index < -0.39 is 11.6 Å². The number of esters is 1. The van der Waals surface area contributed by atoms with E-state index in [-0.39, 0.29) is 5.78 Å². The van der Waals surface area contributed by atoms with E-state index in [4.69, 9.17) is 4.74 Å². The van der Waals surface area contributed by atoms with Crippen molar-refractivity contribution >= 4 is 11.8 Å². The molecule has 1 aliphatic rings. The first-order chi connectivity index (χ1) is 9.18. The van der Waals surface area contributed by atoms with E-state index in [0.717, 1.165) is 6.08 Å². The molecule has 0 saturated heterocycles. The first-order valence-corrected chi connectivity index (χ1v) is 5.97. The van der Waals surface area contributed by atoms with Crippen LogP contribution in [-0.2, 0) is 9.53 Å². The summed E-state index contributed by atoms with van der Waals surface area (Å²) in [6.07, 6.45) is 8.34. The van der Waals surface area contributed by atoms with Gasteiger partial charge in [0.15, 0.2) is 5.60 Å². The Bertz CT molecular complexity index is 555. The van der Waals surface area contributed by atoms with Crippen LogP contribution in [0.4, 0.5) is 0 Å². The average molecular weight is 254 g/mol. The van der Waals surface area contributed by atoms with Crippen LogP contribution in [0.15, 0.2) is 67.3 Å². The van der Waals surface area contributed by atoms with Crippen LogP contribution >= 0.6 is 0 Å². The maximum Gasteiger partial charge on any atom is 0.331 e. The minimum atomic E-state index is -1.26. The molecule has 0 bridgehead atoms. The summed E-state index contributed by atoms with van der Waals surface area (Å²) in [5.74, 6) is -0.840. The Kier molecular flexibility index (Phi) is 3.76. The fraction of sp³-hybridized carbons (Fsp3) is 0.125. The highest BCUT2D eigenvalue weighted by Gasteiger charge is 2.39. The molecule has 0 amide bonds. The Morgan fingerprint density at radius 2 is 1.95 bits per heavy atom. The van der Waals surface area contributed by atoms with Crippen molar-refractivity contribution in [2.24, 2.45) is 0 Å². The number of carbonyl (C=O) groups is 2. The largest absolute Gasteiger partial charge is 0.443 e. The van der Waals surface area contributed by atoms with Gasteiger partial charge in [-0.05, 0) is 6.08 Å². The third kappa shape index (κ3) is 2.71. The number of hydrogen-bond donors (Lipinski definition) is 0. The summed E-state index contributed by atoms with van der Waals surface area (Å²) in [5, 5.41) is 0. The quantitative estimate of drug-likeness (QED) is 0.471. The van der Waals surface area contributed by atoms with Gasteiger partial charge in [0, 0.05) is 18.1 Å². The third-order valence-corrected chi connectivity index (χ3v) is 2.90. The number of ketones is 1. The smallest absolute Gasteiger partial charge is 0.331 e. The summed E-state index contributed by atoms with van der Waals surface area (Å²) in [6.45, 7) is 3.36. The molecule has 0 N–H and O–H groups in total. The Hall–Kier alpha value is -2.42. The minimum absolute atomic E-state index is 0.232. The standard InChI is InChI=1S/C16H14O3/c1-2-14(17)19-16(11-7-4-8-12-16)15(18)13-9-5-3-6-10-13/h2-11H,1,12H2. The lowest BCUT2D eigenvalue weighted by Gasteiger charge is -2.29. The molecule has 0 aromatic heterocycles. The fourth-order valence-electron chi connectivity index (χ4n) is 1.95. The number of hydrogen-bond acceptors (Lipinski definition) is 3. The molecule has 0 saturated carbocycles. The fourth-order valence-corrected chi connectivity index (χ4v) is 1.95. The van der Waals surface area contributed by atoms with Crippen molar-refractivity contribution in [2.75, 3.05) is 0 Å². The molecule has 1 unspecified atom stereocenters. The summed E-state index contributed by atoms with van der Waals surface area (Å²) < 4.78 is 5.30. The second kappa shape index (κ2) is 5.48. The molecule has 0 fully saturated rings. The van der Waals surface area contributed by atoms with Crippen molar-refractivity contribution in [3.05, 3.63) is 72.9 Å². The molecule has 19 heavy (non-hydrogen) atoms.